The van der Waals surface area contributed by atoms with Crippen LogP contribution in [0.3, 0.4) is 0 Å². The molecule has 0 bridgehead atoms. The Hall–Kier alpha value is -1.20. The minimum atomic E-state index is -0.744. The van der Waals surface area contributed by atoms with E-state index in [0.717, 1.165) is 24.3 Å². The molecule has 2 amide bonds. The summed E-state index contributed by atoms with van der Waals surface area (Å²) in [7, 11) is 0. The van der Waals surface area contributed by atoms with E-state index >= 15 is 0 Å². The van der Waals surface area contributed by atoms with Gasteiger partial charge < -0.3 is 15.7 Å². The number of unbranched alkanes of at least 4 members (excludes halogenated alkanes) is 1. The average Bonchev–Trinajstić information content (AvgIpc) is 2.92. The van der Waals surface area contributed by atoms with Gasteiger partial charge in [0, 0.05) is 18.0 Å². The molecule has 5 heteroatoms. The van der Waals surface area contributed by atoms with Gasteiger partial charge in [-0.25, -0.2) is 4.79 Å². The van der Waals surface area contributed by atoms with E-state index in [0.29, 0.717) is 12.3 Å². The lowest BCUT2D eigenvalue weighted by atomic mass is 10.0. The molecule has 0 saturated carbocycles. The summed E-state index contributed by atoms with van der Waals surface area (Å²) >= 11 is 1.72. The van der Waals surface area contributed by atoms with Crippen LogP contribution < -0.4 is 10.6 Å². The smallest absolute Gasteiger partial charge is 0.319 e. The zero-order valence-corrected chi connectivity index (χ0v) is 13.3. The molecule has 0 aromatic heterocycles. The molecule has 1 aliphatic heterocycles. The zero-order chi connectivity index (χ0) is 15.1. The number of urea groups is 1. The molecule has 116 valence electrons. The minimum Gasteiger partial charge on any atom is -0.387 e. The van der Waals surface area contributed by atoms with Crippen molar-refractivity contribution in [2.75, 3.05) is 23.4 Å². The van der Waals surface area contributed by atoms with Crippen molar-refractivity contribution in [3.05, 3.63) is 29.8 Å². The molecule has 0 spiro atoms. The third kappa shape index (κ3) is 5.25. The second-order valence-electron chi connectivity index (χ2n) is 5.64. The van der Waals surface area contributed by atoms with Gasteiger partial charge in [-0.2, -0.15) is 11.8 Å². The molecular weight excluding hydrogens is 284 g/mol. The maximum absolute atomic E-state index is 11.8. The predicted octanol–water partition coefficient (Wildman–Crippen LogP) is 3.02. The SMILES string of the molecule is CCCCc1ccc(NC(=O)NCC2(O)CCSC2)cc1. The topological polar surface area (TPSA) is 61.4 Å². The van der Waals surface area contributed by atoms with Crippen molar-refractivity contribution in [3.8, 4) is 0 Å². The van der Waals surface area contributed by atoms with Crippen molar-refractivity contribution in [1.29, 1.82) is 0 Å². The fourth-order valence-electron chi connectivity index (χ4n) is 2.29. The van der Waals surface area contributed by atoms with Gasteiger partial charge in [0.2, 0.25) is 0 Å². The van der Waals surface area contributed by atoms with Gasteiger partial charge >= 0.3 is 6.03 Å². The number of amides is 2. The van der Waals surface area contributed by atoms with E-state index in [2.05, 4.69) is 17.6 Å². The lowest BCUT2D eigenvalue weighted by molar-refractivity contribution is 0.0706. The fraction of sp³-hybridized carbons (Fsp3) is 0.562. The van der Waals surface area contributed by atoms with Crippen molar-refractivity contribution in [1.82, 2.24) is 5.32 Å². The van der Waals surface area contributed by atoms with Crippen LogP contribution in [-0.4, -0.2) is 34.8 Å². The molecule has 0 radical (unpaired) electrons. The summed E-state index contributed by atoms with van der Waals surface area (Å²) < 4.78 is 0. The highest BCUT2D eigenvalue weighted by Gasteiger charge is 2.31. The van der Waals surface area contributed by atoms with Crippen molar-refractivity contribution in [3.63, 3.8) is 0 Å². The normalized spacial score (nSPS) is 21.2. The third-order valence-corrected chi connectivity index (χ3v) is 4.93. The predicted molar refractivity (Wildman–Crippen MR) is 89.0 cm³/mol. The Kier molecular flexibility index (Phi) is 5.94. The average molecular weight is 308 g/mol. The summed E-state index contributed by atoms with van der Waals surface area (Å²) in [5.41, 5.74) is 1.33. The van der Waals surface area contributed by atoms with Crippen LogP contribution in [0.25, 0.3) is 0 Å². The number of thioether (sulfide) groups is 1. The third-order valence-electron chi connectivity index (χ3n) is 3.69. The molecule has 1 fully saturated rings. The van der Waals surface area contributed by atoms with E-state index in [-0.39, 0.29) is 6.03 Å². The number of hydrogen-bond donors (Lipinski definition) is 3. The highest BCUT2D eigenvalue weighted by Crippen LogP contribution is 2.26. The number of benzene rings is 1. The van der Waals surface area contributed by atoms with Gasteiger partial charge in [-0.1, -0.05) is 25.5 Å². The van der Waals surface area contributed by atoms with Crippen molar-refractivity contribution in [2.45, 2.75) is 38.2 Å². The first-order valence-electron chi connectivity index (χ1n) is 7.55. The van der Waals surface area contributed by atoms with Gasteiger partial charge in [0.1, 0.15) is 0 Å². The molecule has 1 heterocycles. The van der Waals surface area contributed by atoms with E-state index in [1.165, 1.54) is 18.4 Å². The number of anilines is 1. The number of aryl methyl sites for hydroxylation is 1. The Labute approximate surface area is 130 Å². The van der Waals surface area contributed by atoms with Crippen LogP contribution in [0.4, 0.5) is 10.5 Å². The van der Waals surface area contributed by atoms with Gasteiger partial charge in [-0.15, -0.1) is 0 Å². The first-order valence-corrected chi connectivity index (χ1v) is 8.71. The Morgan fingerprint density at radius 1 is 1.38 bits per heavy atom. The van der Waals surface area contributed by atoms with Gasteiger partial charge in [-0.05, 0) is 42.7 Å². The van der Waals surface area contributed by atoms with Crippen LogP contribution in [0.5, 0.6) is 0 Å². The first kappa shape index (κ1) is 16.2. The Morgan fingerprint density at radius 2 is 2.14 bits per heavy atom. The molecule has 21 heavy (non-hydrogen) atoms. The monoisotopic (exact) mass is 308 g/mol. The summed E-state index contributed by atoms with van der Waals surface area (Å²) in [6.45, 7) is 2.48. The van der Waals surface area contributed by atoms with Crippen LogP contribution in [0.1, 0.15) is 31.7 Å². The van der Waals surface area contributed by atoms with E-state index in [1.807, 2.05) is 24.3 Å². The lowest BCUT2D eigenvalue weighted by Crippen LogP contribution is -2.44. The van der Waals surface area contributed by atoms with E-state index in [9.17, 15) is 9.90 Å². The van der Waals surface area contributed by atoms with E-state index in [4.69, 9.17) is 0 Å². The highest BCUT2D eigenvalue weighted by molar-refractivity contribution is 7.99. The van der Waals surface area contributed by atoms with Gasteiger partial charge in [-0.3, -0.25) is 0 Å². The van der Waals surface area contributed by atoms with Crippen LogP contribution in [0.2, 0.25) is 0 Å². The molecule has 2 rings (SSSR count). The molecular formula is C16H24N2O2S. The largest absolute Gasteiger partial charge is 0.387 e. The highest BCUT2D eigenvalue weighted by atomic mass is 32.2. The standard InChI is InChI=1S/C16H24N2O2S/c1-2-3-4-13-5-7-14(8-6-13)18-15(19)17-11-16(20)9-10-21-12-16/h5-8,20H,2-4,9-12H2,1H3,(H2,17,18,19). The summed E-state index contributed by atoms with van der Waals surface area (Å²) in [5, 5.41) is 15.7. The summed E-state index contributed by atoms with van der Waals surface area (Å²) in [6.07, 6.45) is 4.19. The maximum Gasteiger partial charge on any atom is 0.319 e. The van der Waals surface area contributed by atoms with Gasteiger partial charge in [0.05, 0.1) is 5.60 Å². The first-order chi connectivity index (χ1) is 10.1. The van der Waals surface area contributed by atoms with Gasteiger partial charge in [0.15, 0.2) is 0 Å². The van der Waals surface area contributed by atoms with E-state index < -0.39 is 5.60 Å². The Bertz CT molecular complexity index is 456. The zero-order valence-electron chi connectivity index (χ0n) is 12.5. The van der Waals surface area contributed by atoms with Crippen LogP contribution in [0.15, 0.2) is 24.3 Å². The molecule has 4 nitrogen and oxygen atoms in total. The molecule has 0 aliphatic carbocycles. The Morgan fingerprint density at radius 3 is 2.76 bits per heavy atom. The van der Waals surface area contributed by atoms with Crippen LogP contribution in [-0.2, 0) is 6.42 Å². The minimum absolute atomic E-state index is 0.262. The quantitative estimate of drug-likeness (QED) is 0.757. The number of carbonyl (C=O) groups is 1. The molecule has 1 atom stereocenters. The van der Waals surface area contributed by atoms with Crippen molar-refractivity contribution < 1.29 is 9.90 Å². The van der Waals surface area contributed by atoms with Crippen LogP contribution >= 0.6 is 11.8 Å². The number of carbonyl (C=O) groups excluding carboxylic acids is 1. The molecule has 1 aliphatic rings. The second-order valence-corrected chi connectivity index (χ2v) is 6.74. The van der Waals surface area contributed by atoms with Crippen LogP contribution in [0, 0.1) is 0 Å². The lowest BCUT2D eigenvalue weighted by Gasteiger charge is -2.21. The van der Waals surface area contributed by atoms with Crippen molar-refractivity contribution in [2.24, 2.45) is 0 Å². The summed E-state index contributed by atoms with van der Waals surface area (Å²) in [5.74, 6) is 1.65. The van der Waals surface area contributed by atoms with Gasteiger partial charge in [0.25, 0.3) is 0 Å². The second kappa shape index (κ2) is 7.71. The molecule has 1 aromatic rings. The summed E-state index contributed by atoms with van der Waals surface area (Å²) in [4.78, 5) is 11.8. The molecule has 1 aromatic carbocycles. The Balaban J connectivity index is 1.76. The number of hydrogen-bond acceptors (Lipinski definition) is 3. The number of rotatable bonds is 6. The number of aliphatic hydroxyl groups is 1. The van der Waals surface area contributed by atoms with Crippen molar-refractivity contribution >= 4 is 23.5 Å². The fourth-order valence-corrected chi connectivity index (χ4v) is 3.59. The summed E-state index contributed by atoms with van der Waals surface area (Å²) in [6, 6.07) is 7.68. The number of nitrogens with one attached hydrogen (secondary N) is 2. The molecule has 3 N–H and O–H groups in total. The van der Waals surface area contributed by atoms with E-state index in [1.54, 1.807) is 11.8 Å². The molecule has 1 saturated heterocycles. The molecule has 1 unspecified atom stereocenters. The maximum atomic E-state index is 11.8.